The maximum atomic E-state index is 4.46. The summed E-state index contributed by atoms with van der Waals surface area (Å²) in [6.07, 6.45) is 3.60. The Morgan fingerprint density at radius 1 is 1.33 bits per heavy atom. The molecule has 0 atom stereocenters. The van der Waals surface area contributed by atoms with Crippen molar-refractivity contribution >= 4 is 32.9 Å². The Morgan fingerprint density at radius 2 is 2.27 bits per heavy atom. The molecule has 0 amide bonds. The zero-order valence-corrected chi connectivity index (χ0v) is 9.99. The lowest BCUT2D eigenvalue weighted by molar-refractivity contribution is 0.944. The van der Waals surface area contributed by atoms with Gasteiger partial charge >= 0.3 is 0 Å². The largest absolute Gasteiger partial charge is 0.236 e. The molecule has 0 unspecified atom stereocenters. The molecule has 3 aromatic rings. The standard InChI is InChI=1S/C10H6BrN3S/c11-7-5-9(15-6-7)8-1-2-10-12-3-4-14(10)13-8/h1-6H. The minimum Gasteiger partial charge on any atom is -0.236 e. The SMILES string of the molecule is Brc1csc(-c2ccc3nccn3n2)c1. The normalized spacial score (nSPS) is 11.0. The molecule has 0 bridgehead atoms. The summed E-state index contributed by atoms with van der Waals surface area (Å²) in [5, 5.41) is 6.51. The van der Waals surface area contributed by atoms with Gasteiger partial charge in [0.2, 0.25) is 0 Å². The van der Waals surface area contributed by atoms with Crippen molar-refractivity contribution in [3.8, 4) is 10.6 Å². The highest BCUT2D eigenvalue weighted by Gasteiger charge is 2.04. The van der Waals surface area contributed by atoms with E-state index in [0.29, 0.717) is 0 Å². The smallest absolute Gasteiger partial charge is 0.153 e. The maximum Gasteiger partial charge on any atom is 0.153 e. The van der Waals surface area contributed by atoms with E-state index in [1.54, 1.807) is 22.0 Å². The number of fused-ring (bicyclic) bond motifs is 1. The lowest BCUT2D eigenvalue weighted by atomic mass is 10.3. The van der Waals surface area contributed by atoms with Crippen LogP contribution in [0.1, 0.15) is 0 Å². The number of rotatable bonds is 1. The lowest BCUT2D eigenvalue weighted by Crippen LogP contribution is -1.91. The Labute approximate surface area is 98.5 Å². The molecule has 0 saturated carbocycles. The highest BCUT2D eigenvalue weighted by Crippen LogP contribution is 2.28. The Morgan fingerprint density at radius 3 is 3.07 bits per heavy atom. The van der Waals surface area contributed by atoms with E-state index in [1.807, 2.05) is 18.3 Å². The zero-order valence-electron chi connectivity index (χ0n) is 7.59. The van der Waals surface area contributed by atoms with Crippen LogP contribution in [0, 0.1) is 0 Å². The predicted octanol–water partition coefficient (Wildman–Crippen LogP) is 3.22. The predicted molar refractivity (Wildman–Crippen MR) is 64.0 cm³/mol. The Hall–Kier alpha value is -1.20. The van der Waals surface area contributed by atoms with Crippen molar-refractivity contribution in [3.63, 3.8) is 0 Å². The number of halogens is 1. The van der Waals surface area contributed by atoms with Gasteiger partial charge in [-0.2, -0.15) is 5.10 Å². The summed E-state index contributed by atoms with van der Waals surface area (Å²) in [5.74, 6) is 0. The second-order valence-corrected chi connectivity index (χ2v) is 4.90. The van der Waals surface area contributed by atoms with E-state index < -0.39 is 0 Å². The first-order chi connectivity index (χ1) is 7.33. The summed E-state index contributed by atoms with van der Waals surface area (Å²) in [6, 6.07) is 6.02. The summed E-state index contributed by atoms with van der Waals surface area (Å²) in [6.45, 7) is 0. The molecule has 3 heterocycles. The monoisotopic (exact) mass is 279 g/mol. The topological polar surface area (TPSA) is 30.2 Å². The van der Waals surface area contributed by atoms with Gasteiger partial charge in [0.15, 0.2) is 5.65 Å². The van der Waals surface area contributed by atoms with Crippen molar-refractivity contribution in [3.05, 3.63) is 40.4 Å². The number of nitrogens with zero attached hydrogens (tertiary/aromatic N) is 3. The minimum absolute atomic E-state index is 0.870. The molecule has 0 aliphatic rings. The zero-order chi connectivity index (χ0) is 10.3. The van der Waals surface area contributed by atoms with Gasteiger partial charge in [-0.15, -0.1) is 11.3 Å². The third-order valence-corrected chi connectivity index (χ3v) is 3.79. The van der Waals surface area contributed by atoms with Crippen LogP contribution in [0.15, 0.2) is 40.4 Å². The van der Waals surface area contributed by atoms with E-state index in [-0.39, 0.29) is 0 Å². The molecule has 0 aromatic carbocycles. The van der Waals surface area contributed by atoms with Crippen LogP contribution in [0.25, 0.3) is 16.2 Å². The number of aromatic nitrogens is 3. The van der Waals surface area contributed by atoms with Crippen molar-refractivity contribution in [2.75, 3.05) is 0 Å². The van der Waals surface area contributed by atoms with Crippen molar-refractivity contribution in [2.45, 2.75) is 0 Å². The maximum absolute atomic E-state index is 4.46. The fourth-order valence-corrected chi connectivity index (χ4v) is 2.79. The van der Waals surface area contributed by atoms with E-state index in [2.05, 4.69) is 37.5 Å². The van der Waals surface area contributed by atoms with Crippen LogP contribution in [0.5, 0.6) is 0 Å². The summed E-state index contributed by atoms with van der Waals surface area (Å²) in [5.41, 5.74) is 1.84. The molecule has 5 heteroatoms. The van der Waals surface area contributed by atoms with Crippen LogP contribution in [-0.4, -0.2) is 14.6 Å². The molecule has 3 nitrogen and oxygen atoms in total. The highest BCUT2D eigenvalue weighted by molar-refractivity contribution is 9.10. The quantitative estimate of drug-likeness (QED) is 0.685. The van der Waals surface area contributed by atoms with E-state index in [0.717, 1.165) is 20.7 Å². The molecule has 0 aliphatic heterocycles. The summed E-state index contributed by atoms with van der Waals surface area (Å²) in [7, 11) is 0. The first-order valence-electron chi connectivity index (χ1n) is 4.38. The van der Waals surface area contributed by atoms with E-state index in [4.69, 9.17) is 0 Å². The third kappa shape index (κ3) is 1.57. The van der Waals surface area contributed by atoms with Crippen LogP contribution in [0.3, 0.4) is 0 Å². The van der Waals surface area contributed by atoms with Gasteiger partial charge in [-0.05, 0) is 34.1 Å². The lowest BCUT2D eigenvalue weighted by Gasteiger charge is -1.97. The van der Waals surface area contributed by atoms with Crippen molar-refractivity contribution in [1.82, 2.24) is 14.6 Å². The number of thiophene rings is 1. The Balaban J connectivity index is 2.18. The summed E-state index contributed by atoms with van der Waals surface area (Å²) >= 11 is 5.11. The molecule has 74 valence electrons. The molecule has 0 N–H and O–H groups in total. The minimum atomic E-state index is 0.870. The molecule has 0 fully saturated rings. The molecule has 0 aliphatic carbocycles. The van der Waals surface area contributed by atoms with Gasteiger partial charge in [-0.25, -0.2) is 9.50 Å². The average molecular weight is 280 g/mol. The fraction of sp³-hybridized carbons (Fsp3) is 0. The second-order valence-electron chi connectivity index (χ2n) is 3.08. The van der Waals surface area contributed by atoms with Crippen LogP contribution >= 0.6 is 27.3 Å². The molecule has 3 rings (SSSR count). The first-order valence-corrected chi connectivity index (χ1v) is 6.05. The van der Waals surface area contributed by atoms with Gasteiger partial charge in [0.1, 0.15) is 5.69 Å². The molecule has 0 radical (unpaired) electrons. The van der Waals surface area contributed by atoms with Gasteiger partial charge in [-0.3, -0.25) is 0 Å². The van der Waals surface area contributed by atoms with Gasteiger partial charge in [0.05, 0.1) is 4.88 Å². The summed E-state index contributed by atoms with van der Waals surface area (Å²) < 4.78 is 2.87. The molecule has 0 saturated heterocycles. The first kappa shape index (κ1) is 9.06. The highest BCUT2D eigenvalue weighted by atomic mass is 79.9. The molecule has 15 heavy (non-hydrogen) atoms. The number of imidazole rings is 1. The second kappa shape index (κ2) is 3.43. The summed E-state index contributed by atoms with van der Waals surface area (Å²) in [4.78, 5) is 5.30. The van der Waals surface area contributed by atoms with Crippen molar-refractivity contribution in [2.24, 2.45) is 0 Å². The van der Waals surface area contributed by atoms with E-state index >= 15 is 0 Å². The molecule has 3 aromatic heterocycles. The Bertz CT molecular complexity index is 614. The van der Waals surface area contributed by atoms with Gasteiger partial charge in [-0.1, -0.05) is 0 Å². The van der Waals surface area contributed by atoms with Crippen LogP contribution < -0.4 is 0 Å². The van der Waals surface area contributed by atoms with Crippen LogP contribution in [-0.2, 0) is 0 Å². The van der Waals surface area contributed by atoms with Gasteiger partial charge in [0.25, 0.3) is 0 Å². The van der Waals surface area contributed by atoms with Gasteiger partial charge < -0.3 is 0 Å². The third-order valence-electron chi connectivity index (χ3n) is 2.08. The van der Waals surface area contributed by atoms with Crippen molar-refractivity contribution < 1.29 is 0 Å². The molecule has 0 spiro atoms. The fourth-order valence-electron chi connectivity index (χ4n) is 1.39. The number of hydrogen-bond acceptors (Lipinski definition) is 3. The molecular formula is C10H6BrN3S. The van der Waals surface area contributed by atoms with Crippen LogP contribution in [0.2, 0.25) is 0 Å². The average Bonchev–Trinajstić information content (AvgIpc) is 2.84. The van der Waals surface area contributed by atoms with Crippen molar-refractivity contribution in [1.29, 1.82) is 0 Å². The van der Waals surface area contributed by atoms with E-state index in [9.17, 15) is 0 Å². The Kier molecular flexibility index (Phi) is 2.07. The van der Waals surface area contributed by atoms with Crippen LogP contribution in [0.4, 0.5) is 0 Å². The molecular weight excluding hydrogens is 274 g/mol. The van der Waals surface area contributed by atoms with Gasteiger partial charge in [0, 0.05) is 22.2 Å². The van der Waals surface area contributed by atoms with E-state index in [1.165, 1.54) is 0 Å². The number of hydrogen-bond donors (Lipinski definition) is 0.